The Balaban J connectivity index is 1.38. The van der Waals surface area contributed by atoms with Crippen LogP contribution in [0, 0.1) is 5.92 Å². The van der Waals surface area contributed by atoms with Gasteiger partial charge < -0.3 is 19.8 Å². The lowest BCUT2D eigenvalue weighted by atomic mass is 9.98. The molecular formula is C21H21F3N4O4S. The monoisotopic (exact) mass is 482 g/mol. The number of nitrogens with zero attached hydrogens (tertiary/aromatic N) is 3. The number of oxime groups is 1. The molecule has 1 N–H and O–H groups in total. The van der Waals surface area contributed by atoms with Gasteiger partial charge in [0.25, 0.3) is 11.8 Å². The zero-order valence-electron chi connectivity index (χ0n) is 17.5. The van der Waals surface area contributed by atoms with E-state index in [2.05, 4.69) is 20.3 Å². The topological polar surface area (TPSA) is 93.1 Å². The van der Waals surface area contributed by atoms with Crippen LogP contribution in [0.15, 0.2) is 41.7 Å². The molecule has 0 radical (unpaired) electrons. The van der Waals surface area contributed by atoms with Gasteiger partial charge in [0.2, 0.25) is 6.10 Å². The maximum absolute atomic E-state index is 13.0. The van der Waals surface area contributed by atoms with Crippen LogP contribution in [-0.2, 0) is 9.57 Å². The third-order valence-corrected chi connectivity index (χ3v) is 6.53. The van der Waals surface area contributed by atoms with Gasteiger partial charge in [0.05, 0.1) is 34.9 Å². The average Bonchev–Trinajstić information content (AvgIpc) is 3.44. The minimum atomic E-state index is -4.53. The zero-order chi connectivity index (χ0) is 23.6. The second-order valence-corrected chi connectivity index (χ2v) is 8.73. The summed E-state index contributed by atoms with van der Waals surface area (Å²) in [6.07, 6.45) is -4.99. The maximum atomic E-state index is 13.0. The number of amides is 2. The predicted octanol–water partition coefficient (Wildman–Crippen LogP) is 2.72. The molecule has 0 aromatic carbocycles. The summed E-state index contributed by atoms with van der Waals surface area (Å²) in [5.74, 6) is -1.63. The van der Waals surface area contributed by atoms with Crippen molar-refractivity contribution in [1.29, 1.82) is 0 Å². The fourth-order valence-corrected chi connectivity index (χ4v) is 4.67. The summed E-state index contributed by atoms with van der Waals surface area (Å²) >= 11 is 1.03. The molecule has 0 aliphatic carbocycles. The number of ether oxygens (including phenoxy) is 1. The number of rotatable bonds is 5. The lowest BCUT2D eigenvalue weighted by Gasteiger charge is -2.35. The van der Waals surface area contributed by atoms with Crippen LogP contribution in [0.4, 0.5) is 13.2 Å². The molecule has 0 saturated carbocycles. The third-order valence-electron chi connectivity index (χ3n) is 5.43. The number of pyridine rings is 1. The molecule has 3 atom stereocenters. The highest BCUT2D eigenvalue weighted by molar-refractivity contribution is 7.16. The second-order valence-electron chi connectivity index (χ2n) is 7.65. The van der Waals surface area contributed by atoms with Crippen LogP contribution in [-0.4, -0.2) is 72.0 Å². The molecule has 1 fully saturated rings. The van der Waals surface area contributed by atoms with E-state index in [4.69, 9.17) is 4.74 Å². The lowest BCUT2D eigenvalue weighted by molar-refractivity contribution is -0.220. The number of morpholine rings is 1. The van der Waals surface area contributed by atoms with Crippen molar-refractivity contribution in [3.63, 3.8) is 0 Å². The summed E-state index contributed by atoms with van der Waals surface area (Å²) in [5.41, 5.74) is 0.471. The summed E-state index contributed by atoms with van der Waals surface area (Å²) in [6, 6.07) is 7.77. The van der Waals surface area contributed by atoms with Gasteiger partial charge in [-0.1, -0.05) is 18.1 Å². The number of nitrogens with one attached hydrogen (secondary N) is 1. The van der Waals surface area contributed by atoms with Crippen molar-refractivity contribution in [2.75, 3.05) is 26.3 Å². The van der Waals surface area contributed by atoms with E-state index in [1.165, 1.54) is 19.2 Å². The van der Waals surface area contributed by atoms with Gasteiger partial charge in [0, 0.05) is 19.3 Å². The SMILES string of the molecule is CC1C(c2ccc(C(=O)NCC3COCCN3C(=O)c3ccccn3)s2)=NOC1C(F)(F)F. The Morgan fingerprint density at radius 3 is 2.79 bits per heavy atom. The maximum Gasteiger partial charge on any atom is 0.428 e. The fraction of sp³-hybridized carbons (Fsp3) is 0.429. The fourth-order valence-electron chi connectivity index (χ4n) is 3.67. The van der Waals surface area contributed by atoms with Gasteiger partial charge in [-0.2, -0.15) is 13.2 Å². The van der Waals surface area contributed by atoms with Gasteiger partial charge in [0.1, 0.15) is 11.4 Å². The van der Waals surface area contributed by atoms with E-state index in [9.17, 15) is 22.8 Å². The Bertz CT molecular complexity index is 1040. The Kier molecular flexibility index (Phi) is 6.66. The van der Waals surface area contributed by atoms with Crippen molar-refractivity contribution in [2.24, 2.45) is 11.1 Å². The highest BCUT2D eigenvalue weighted by Gasteiger charge is 2.50. The molecule has 0 bridgehead atoms. The third kappa shape index (κ3) is 5.01. The van der Waals surface area contributed by atoms with Gasteiger partial charge in [-0.05, 0) is 24.3 Å². The Morgan fingerprint density at radius 2 is 2.09 bits per heavy atom. The number of carbonyl (C=O) groups excluding carboxylic acids is 2. The summed E-state index contributed by atoms with van der Waals surface area (Å²) in [6.45, 7) is 2.57. The van der Waals surface area contributed by atoms with Crippen molar-refractivity contribution < 1.29 is 32.3 Å². The Labute approximate surface area is 191 Å². The van der Waals surface area contributed by atoms with Gasteiger partial charge in [0.15, 0.2) is 0 Å². The quantitative estimate of drug-likeness (QED) is 0.708. The van der Waals surface area contributed by atoms with E-state index in [1.54, 1.807) is 29.2 Å². The molecule has 1 saturated heterocycles. The van der Waals surface area contributed by atoms with Crippen molar-refractivity contribution >= 4 is 28.9 Å². The zero-order valence-corrected chi connectivity index (χ0v) is 18.4. The molecule has 3 unspecified atom stereocenters. The number of halogens is 3. The predicted molar refractivity (Wildman–Crippen MR) is 113 cm³/mol. The van der Waals surface area contributed by atoms with E-state index in [-0.39, 0.29) is 30.8 Å². The molecular weight excluding hydrogens is 461 g/mol. The van der Waals surface area contributed by atoms with E-state index >= 15 is 0 Å². The van der Waals surface area contributed by atoms with Crippen molar-refractivity contribution in [1.82, 2.24) is 15.2 Å². The van der Waals surface area contributed by atoms with E-state index in [0.717, 1.165) is 11.3 Å². The number of hydrogen-bond acceptors (Lipinski definition) is 7. The number of alkyl halides is 3. The summed E-state index contributed by atoms with van der Waals surface area (Å²) in [7, 11) is 0. The first kappa shape index (κ1) is 23.2. The smallest absolute Gasteiger partial charge is 0.382 e. The van der Waals surface area contributed by atoms with Crippen molar-refractivity contribution in [3.8, 4) is 0 Å². The molecule has 4 rings (SSSR count). The van der Waals surface area contributed by atoms with Gasteiger partial charge >= 0.3 is 6.18 Å². The van der Waals surface area contributed by atoms with Crippen molar-refractivity contribution in [3.05, 3.63) is 52.0 Å². The molecule has 176 valence electrons. The average molecular weight is 482 g/mol. The van der Waals surface area contributed by atoms with Crippen LogP contribution >= 0.6 is 11.3 Å². The van der Waals surface area contributed by atoms with E-state index < -0.39 is 24.1 Å². The number of aromatic nitrogens is 1. The minimum Gasteiger partial charge on any atom is -0.382 e. The molecule has 2 amide bonds. The van der Waals surface area contributed by atoms with E-state index in [1.807, 2.05) is 0 Å². The molecule has 2 aliphatic heterocycles. The summed E-state index contributed by atoms with van der Waals surface area (Å²) < 4.78 is 44.5. The molecule has 2 aromatic rings. The molecule has 33 heavy (non-hydrogen) atoms. The minimum absolute atomic E-state index is 0.154. The largest absolute Gasteiger partial charge is 0.428 e. The molecule has 8 nitrogen and oxygen atoms in total. The Morgan fingerprint density at radius 1 is 1.27 bits per heavy atom. The first-order valence-corrected chi connectivity index (χ1v) is 11.1. The van der Waals surface area contributed by atoms with Crippen LogP contribution in [0.1, 0.15) is 32.0 Å². The lowest BCUT2D eigenvalue weighted by Crippen LogP contribution is -2.53. The van der Waals surface area contributed by atoms with E-state index in [0.29, 0.717) is 28.6 Å². The van der Waals surface area contributed by atoms with Crippen LogP contribution in [0.5, 0.6) is 0 Å². The molecule has 4 heterocycles. The highest BCUT2D eigenvalue weighted by Crippen LogP contribution is 2.36. The standard InChI is InChI=1S/C21H21F3N4O4S/c1-12-17(27-32-18(12)21(22,23)24)15-5-6-16(33-15)19(29)26-10-13-11-31-9-8-28(13)20(30)14-4-2-3-7-25-14/h2-7,12-13,18H,8-11H2,1H3,(H,26,29). The van der Waals surface area contributed by atoms with Crippen molar-refractivity contribution in [2.45, 2.75) is 25.2 Å². The van der Waals surface area contributed by atoms with Crippen LogP contribution in [0.3, 0.4) is 0 Å². The Hall–Kier alpha value is -2.99. The first-order chi connectivity index (χ1) is 15.8. The molecule has 2 aromatic heterocycles. The number of hydrogen-bond donors (Lipinski definition) is 1. The van der Waals surface area contributed by atoms with Gasteiger partial charge in [-0.25, -0.2) is 0 Å². The number of carbonyl (C=O) groups is 2. The number of thiophene rings is 1. The van der Waals surface area contributed by atoms with Gasteiger partial charge in [-0.3, -0.25) is 14.6 Å². The summed E-state index contributed by atoms with van der Waals surface area (Å²) in [5, 5.41) is 6.37. The summed E-state index contributed by atoms with van der Waals surface area (Å²) in [4.78, 5) is 36.5. The molecule has 2 aliphatic rings. The van der Waals surface area contributed by atoms with Crippen LogP contribution < -0.4 is 5.32 Å². The van der Waals surface area contributed by atoms with Crippen LogP contribution in [0.2, 0.25) is 0 Å². The second kappa shape index (κ2) is 9.48. The van der Waals surface area contributed by atoms with Crippen LogP contribution in [0.25, 0.3) is 0 Å². The first-order valence-electron chi connectivity index (χ1n) is 10.2. The molecule has 12 heteroatoms. The highest BCUT2D eigenvalue weighted by atomic mass is 32.1. The normalized spacial score (nSPS) is 23.1. The molecule has 0 spiro atoms. The van der Waals surface area contributed by atoms with Gasteiger partial charge in [-0.15, -0.1) is 11.3 Å².